The molecule has 2 heterocycles. The number of anilines is 1. The lowest BCUT2D eigenvalue weighted by Gasteiger charge is -2.13. The lowest BCUT2D eigenvalue weighted by Crippen LogP contribution is -2.25. The number of pyridine rings is 1. The van der Waals surface area contributed by atoms with Crippen molar-refractivity contribution < 1.29 is 14.3 Å². The molecule has 0 saturated heterocycles. The van der Waals surface area contributed by atoms with Gasteiger partial charge in [0, 0.05) is 29.4 Å². The highest BCUT2D eigenvalue weighted by Crippen LogP contribution is 2.39. The van der Waals surface area contributed by atoms with Gasteiger partial charge in [0.25, 0.3) is 11.8 Å². The Morgan fingerprint density at radius 1 is 1.16 bits per heavy atom. The van der Waals surface area contributed by atoms with Crippen LogP contribution in [0.5, 0.6) is 5.75 Å². The van der Waals surface area contributed by atoms with Gasteiger partial charge in [0.1, 0.15) is 5.00 Å². The fraction of sp³-hybridized carbons (Fsp3) is 0.261. The van der Waals surface area contributed by atoms with Crippen LogP contribution in [0, 0.1) is 0 Å². The average molecular weight is 490 g/mol. The fourth-order valence-electron chi connectivity index (χ4n) is 3.73. The number of methoxy groups -OCH3 is 1. The number of aryl methyl sites for hydroxylation is 1. The number of hydrogen-bond donors (Lipinski definition) is 2. The molecule has 2 amide bonds. The Kier molecular flexibility index (Phi) is 6.98. The molecule has 2 aromatic heterocycles. The molecule has 0 radical (unpaired) electrons. The van der Waals surface area contributed by atoms with Crippen molar-refractivity contribution in [2.24, 2.45) is 0 Å². The van der Waals surface area contributed by atoms with Crippen LogP contribution in [0.2, 0.25) is 10.0 Å². The van der Waals surface area contributed by atoms with Gasteiger partial charge >= 0.3 is 0 Å². The first-order valence-corrected chi connectivity index (χ1v) is 11.7. The monoisotopic (exact) mass is 489 g/mol. The fourth-order valence-corrected chi connectivity index (χ4v) is 5.65. The molecule has 6 nitrogen and oxygen atoms in total. The zero-order chi connectivity index (χ0) is 22.7. The van der Waals surface area contributed by atoms with Crippen molar-refractivity contribution in [1.82, 2.24) is 10.3 Å². The van der Waals surface area contributed by atoms with E-state index in [-0.39, 0.29) is 21.5 Å². The maximum absolute atomic E-state index is 13.1. The molecule has 0 unspecified atom stereocenters. The predicted molar refractivity (Wildman–Crippen MR) is 127 cm³/mol. The smallest absolute Gasteiger partial charge is 0.256 e. The summed E-state index contributed by atoms with van der Waals surface area (Å²) in [5, 5.41) is 6.88. The number of carbonyl (C=O) groups excluding carboxylic acids is 2. The van der Waals surface area contributed by atoms with Gasteiger partial charge in [0.15, 0.2) is 5.75 Å². The molecular weight excluding hydrogens is 469 g/mol. The first kappa shape index (κ1) is 22.6. The SMILES string of the molecule is COc1c(Cl)cc(C(=O)Nc2sc3c(c2C(=O)NCc2cccnc2)CCCC3)cc1Cl. The number of nitrogens with zero attached hydrogens (tertiary/aromatic N) is 1. The van der Waals surface area contributed by atoms with Gasteiger partial charge < -0.3 is 15.4 Å². The number of rotatable bonds is 6. The summed E-state index contributed by atoms with van der Waals surface area (Å²) in [7, 11) is 1.46. The van der Waals surface area contributed by atoms with Gasteiger partial charge in [0.05, 0.1) is 22.7 Å². The van der Waals surface area contributed by atoms with Crippen LogP contribution in [-0.2, 0) is 19.4 Å². The van der Waals surface area contributed by atoms with Gasteiger partial charge in [-0.05, 0) is 55.0 Å². The number of aromatic nitrogens is 1. The molecule has 166 valence electrons. The molecule has 0 fully saturated rings. The van der Waals surface area contributed by atoms with E-state index in [2.05, 4.69) is 15.6 Å². The summed E-state index contributed by atoms with van der Waals surface area (Å²) < 4.78 is 5.15. The van der Waals surface area contributed by atoms with Gasteiger partial charge in [-0.25, -0.2) is 0 Å². The molecule has 0 spiro atoms. The molecule has 3 aromatic rings. The van der Waals surface area contributed by atoms with Crippen molar-refractivity contribution in [3.8, 4) is 5.75 Å². The number of ether oxygens (including phenoxy) is 1. The van der Waals surface area contributed by atoms with Crippen LogP contribution >= 0.6 is 34.5 Å². The Balaban J connectivity index is 1.60. The molecule has 2 N–H and O–H groups in total. The molecule has 1 aliphatic rings. The normalized spacial score (nSPS) is 12.7. The standard InChI is InChI=1S/C23H21Cl2N3O3S/c1-31-20-16(24)9-14(10-17(20)25)21(29)28-23-19(15-6-2-3-7-18(15)32-23)22(30)27-12-13-5-4-8-26-11-13/h4-5,8-11H,2-3,6-7,12H2,1H3,(H,27,30)(H,28,29). The van der Waals surface area contributed by atoms with E-state index >= 15 is 0 Å². The molecule has 0 bridgehead atoms. The van der Waals surface area contributed by atoms with Crippen LogP contribution in [0.15, 0.2) is 36.7 Å². The molecule has 0 saturated carbocycles. The van der Waals surface area contributed by atoms with E-state index in [9.17, 15) is 9.59 Å². The van der Waals surface area contributed by atoms with Crippen molar-refractivity contribution in [2.75, 3.05) is 12.4 Å². The predicted octanol–water partition coefficient (Wildman–Crippen LogP) is 5.52. The van der Waals surface area contributed by atoms with Crippen molar-refractivity contribution in [1.29, 1.82) is 0 Å². The van der Waals surface area contributed by atoms with Crippen molar-refractivity contribution in [2.45, 2.75) is 32.2 Å². The average Bonchev–Trinajstić information content (AvgIpc) is 3.15. The van der Waals surface area contributed by atoms with E-state index in [4.69, 9.17) is 27.9 Å². The van der Waals surface area contributed by atoms with Gasteiger partial charge in [-0.2, -0.15) is 0 Å². The second-order valence-electron chi connectivity index (χ2n) is 7.39. The van der Waals surface area contributed by atoms with Gasteiger partial charge in [-0.3, -0.25) is 14.6 Å². The van der Waals surface area contributed by atoms with Crippen molar-refractivity contribution >= 4 is 51.4 Å². The number of hydrogen-bond acceptors (Lipinski definition) is 5. The number of halogens is 2. The minimum atomic E-state index is -0.392. The molecular formula is C23H21Cl2N3O3S. The minimum absolute atomic E-state index is 0.214. The quantitative estimate of drug-likeness (QED) is 0.477. The number of fused-ring (bicyclic) bond motifs is 1. The lowest BCUT2D eigenvalue weighted by molar-refractivity contribution is 0.0951. The van der Waals surface area contributed by atoms with E-state index in [0.717, 1.165) is 41.7 Å². The Bertz CT molecular complexity index is 1140. The number of carbonyl (C=O) groups is 2. The Morgan fingerprint density at radius 3 is 2.59 bits per heavy atom. The highest BCUT2D eigenvalue weighted by atomic mass is 35.5. The summed E-state index contributed by atoms with van der Waals surface area (Å²) in [5.41, 5.74) is 2.74. The third-order valence-corrected chi connectivity index (χ3v) is 7.03. The van der Waals surface area contributed by atoms with Crippen molar-refractivity contribution in [3.63, 3.8) is 0 Å². The minimum Gasteiger partial charge on any atom is -0.494 e. The topological polar surface area (TPSA) is 80.3 Å². The zero-order valence-electron chi connectivity index (χ0n) is 17.3. The molecule has 4 rings (SSSR count). The largest absolute Gasteiger partial charge is 0.494 e. The molecule has 1 aromatic carbocycles. The maximum atomic E-state index is 13.1. The molecule has 9 heteroatoms. The molecule has 0 atom stereocenters. The number of amides is 2. The third-order valence-electron chi connectivity index (χ3n) is 5.27. The maximum Gasteiger partial charge on any atom is 0.256 e. The Labute approximate surface area is 199 Å². The highest BCUT2D eigenvalue weighted by molar-refractivity contribution is 7.17. The van der Waals surface area contributed by atoms with E-state index < -0.39 is 5.91 Å². The van der Waals surface area contributed by atoms with Crippen LogP contribution < -0.4 is 15.4 Å². The van der Waals surface area contributed by atoms with Crippen molar-refractivity contribution in [3.05, 3.63) is 73.8 Å². The van der Waals surface area contributed by atoms with Crippen LogP contribution in [0.4, 0.5) is 5.00 Å². The number of thiophene rings is 1. The van der Waals surface area contributed by atoms with E-state index in [0.29, 0.717) is 22.9 Å². The first-order chi connectivity index (χ1) is 15.5. The summed E-state index contributed by atoms with van der Waals surface area (Å²) in [6.07, 6.45) is 7.20. The van der Waals surface area contributed by atoms with Crippen LogP contribution in [-0.4, -0.2) is 23.9 Å². The molecule has 0 aliphatic heterocycles. The molecule has 32 heavy (non-hydrogen) atoms. The number of nitrogens with one attached hydrogen (secondary N) is 2. The van der Waals surface area contributed by atoms with Crippen LogP contribution in [0.1, 0.15) is 49.6 Å². The van der Waals surface area contributed by atoms with Crippen LogP contribution in [0.3, 0.4) is 0 Å². The third kappa shape index (κ3) is 4.75. The number of benzene rings is 1. The van der Waals surface area contributed by atoms with E-state index in [1.807, 2.05) is 12.1 Å². The lowest BCUT2D eigenvalue weighted by atomic mass is 9.95. The van der Waals surface area contributed by atoms with Gasteiger partial charge in [-0.15, -0.1) is 11.3 Å². The summed E-state index contributed by atoms with van der Waals surface area (Å²) in [6.45, 7) is 0.356. The van der Waals surface area contributed by atoms with Gasteiger partial charge in [0.2, 0.25) is 0 Å². The second-order valence-corrected chi connectivity index (χ2v) is 9.31. The van der Waals surface area contributed by atoms with Gasteiger partial charge in [-0.1, -0.05) is 29.3 Å². The van der Waals surface area contributed by atoms with E-state index in [1.54, 1.807) is 12.4 Å². The Morgan fingerprint density at radius 2 is 1.91 bits per heavy atom. The highest BCUT2D eigenvalue weighted by Gasteiger charge is 2.27. The Hall–Kier alpha value is -2.61. The molecule has 1 aliphatic carbocycles. The second kappa shape index (κ2) is 9.90. The summed E-state index contributed by atoms with van der Waals surface area (Å²) in [6, 6.07) is 6.72. The summed E-state index contributed by atoms with van der Waals surface area (Å²) in [5.74, 6) is -0.294. The first-order valence-electron chi connectivity index (χ1n) is 10.1. The summed E-state index contributed by atoms with van der Waals surface area (Å²) >= 11 is 13.8. The van der Waals surface area contributed by atoms with E-state index in [1.165, 1.54) is 30.6 Å². The zero-order valence-corrected chi connectivity index (χ0v) is 19.7. The van der Waals surface area contributed by atoms with Crippen LogP contribution in [0.25, 0.3) is 0 Å². The summed E-state index contributed by atoms with van der Waals surface area (Å²) in [4.78, 5) is 31.3.